The maximum absolute atomic E-state index is 13.4. The van der Waals surface area contributed by atoms with Crippen LogP contribution in [0.3, 0.4) is 0 Å². The summed E-state index contributed by atoms with van der Waals surface area (Å²) in [5.74, 6) is -2.33. The second-order valence-corrected chi connectivity index (χ2v) is 8.17. The zero-order valence-corrected chi connectivity index (χ0v) is 19.8. The molecule has 7 nitrogen and oxygen atoms in total. The quantitative estimate of drug-likeness (QED) is 0.372. The van der Waals surface area contributed by atoms with Crippen LogP contribution in [0, 0.1) is 18.7 Å². The molecule has 0 unspecified atom stereocenters. The molecule has 0 radical (unpaired) electrons. The second kappa shape index (κ2) is 11.5. The van der Waals surface area contributed by atoms with Gasteiger partial charge in [-0.2, -0.15) is 0 Å². The predicted octanol–water partition coefficient (Wildman–Crippen LogP) is 4.80. The van der Waals surface area contributed by atoms with Crippen molar-refractivity contribution in [1.82, 2.24) is 4.98 Å². The number of nitrogens with zero attached hydrogens (tertiary/aromatic N) is 1. The Morgan fingerprint density at radius 3 is 2.36 bits per heavy atom. The highest BCUT2D eigenvalue weighted by atomic mass is 19.1. The molecule has 0 spiro atoms. The molecule has 0 amide bonds. The molecule has 1 aromatic heterocycles. The molecule has 33 heavy (non-hydrogen) atoms. The van der Waals surface area contributed by atoms with Crippen molar-refractivity contribution in [3.05, 3.63) is 53.1 Å². The number of pyridine rings is 1. The number of ketones is 1. The number of Topliss-reactive ketones (excluding diaryl/α,β-unsaturated/α-hetero) is 1. The summed E-state index contributed by atoms with van der Waals surface area (Å²) in [5.41, 5.74) is 1.57. The molecule has 0 saturated carbocycles. The first-order chi connectivity index (χ1) is 15.5. The smallest absolute Gasteiger partial charge is 0.313 e. The summed E-state index contributed by atoms with van der Waals surface area (Å²) in [6, 6.07) is 5.97. The molecule has 1 aromatic carbocycles. The highest BCUT2D eigenvalue weighted by Gasteiger charge is 2.25. The zero-order chi connectivity index (χ0) is 24.7. The van der Waals surface area contributed by atoms with E-state index in [0.717, 1.165) is 11.1 Å². The van der Waals surface area contributed by atoms with Crippen molar-refractivity contribution in [3.63, 3.8) is 0 Å². The van der Waals surface area contributed by atoms with E-state index in [-0.39, 0.29) is 41.8 Å². The van der Waals surface area contributed by atoms with E-state index in [4.69, 9.17) is 14.2 Å². The summed E-state index contributed by atoms with van der Waals surface area (Å²) in [5, 5.41) is 0. The molecule has 1 heterocycles. The number of carbonyl (C=O) groups excluding carboxylic acids is 3. The van der Waals surface area contributed by atoms with E-state index < -0.39 is 29.7 Å². The minimum atomic E-state index is -0.550. The summed E-state index contributed by atoms with van der Waals surface area (Å²) in [7, 11) is 1.39. The van der Waals surface area contributed by atoms with Crippen LogP contribution in [0.1, 0.15) is 68.1 Å². The normalized spacial score (nSPS) is 12.7. The van der Waals surface area contributed by atoms with E-state index in [1.54, 1.807) is 33.8 Å². The minimum Gasteiger partial charge on any atom is -0.493 e. The standard InChI is InChI=1S/C25H30FNO6/c1-14(2)25(30)33-24-21(31-6)11-12-27-23(24)20(28)9-10-22(29)32-17(5)16(4)19-8-7-18(26)13-15(19)3/h7-8,11-14,16-17H,9-10H2,1-6H3/t16-,17+/m1/s1. The molecular weight excluding hydrogens is 429 g/mol. The summed E-state index contributed by atoms with van der Waals surface area (Å²) in [6.07, 6.45) is 0.539. The Labute approximate surface area is 193 Å². The van der Waals surface area contributed by atoms with Gasteiger partial charge < -0.3 is 14.2 Å². The lowest BCUT2D eigenvalue weighted by molar-refractivity contribution is -0.149. The third-order valence-electron chi connectivity index (χ3n) is 5.33. The van der Waals surface area contributed by atoms with Crippen LogP contribution in [0.4, 0.5) is 4.39 Å². The molecule has 8 heteroatoms. The first-order valence-electron chi connectivity index (χ1n) is 10.8. The van der Waals surface area contributed by atoms with Crippen LogP contribution in [0.5, 0.6) is 11.5 Å². The highest BCUT2D eigenvalue weighted by Crippen LogP contribution is 2.31. The lowest BCUT2D eigenvalue weighted by Gasteiger charge is -2.22. The number of aromatic nitrogens is 1. The van der Waals surface area contributed by atoms with Crippen LogP contribution in [-0.4, -0.2) is 35.9 Å². The van der Waals surface area contributed by atoms with Crippen molar-refractivity contribution < 1.29 is 33.0 Å². The molecule has 0 bridgehead atoms. The van der Waals surface area contributed by atoms with Gasteiger partial charge in [0, 0.05) is 24.6 Å². The van der Waals surface area contributed by atoms with Crippen LogP contribution in [-0.2, 0) is 14.3 Å². The number of rotatable bonds is 10. The van der Waals surface area contributed by atoms with Crippen molar-refractivity contribution in [2.24, 2.45) is 5.92 Å². The fourth-order valence-corrected chi connectivity index (χ4v) is 3.21. The Bertz CT molecular complexity index is 1020. The summed E-state index contributed by atoms with van der Waals surface area (Å²) >= 11 is 0. The molecule has 178 valence electrons. The zero-order valence-electron chi connectivity index (χ0n) is 19.8. The van der Waals surface area contributed by atoms with Gasteiger partial charge in [-0.25, -0.2) is 9.37 Å². The van der Waals surface area contributed by atoms with Crippen LogP contribution < -0.4 is 9.47 Å². The average Bonchev–Trinajstić information content (AvgIpc) is 2.76. The van der Waals surface area contributed by atoms with Crippen molar-refractivity contribution in [2.45, 2.75) is 59.5 Å². The van der Waals surface area contributed by atoms with E-state index in [9.17, 15) is 18.8 Å². The molecule has 0 aliphatic rings. The molecule has 0 N–H and O–H groups in total. The van der Waals surface area contributed by atoms with E-state index in [1.165, 1.54) is 31.5 Å². The van der Waals surface area contributed by atoms with Gasteiger partial charge in [0.1, 0.15) is 11.9 Å². The number of hydrogen-bond acceptors (Lipinski definition) is 7. The number of ether oxygens (including phenoxy) is 3. The van der Waals surface area contributed by atoms with Gasteiger partial charge in [0.25, 0.3) is 0 Å². The maximum Gasteiger partial charge on any atom is 0.313 e. The third kappa shape index (κ3) is 6.84. The largest absolute Gasteiger partial charge is 0.493 e. The molecule has 0 aliphatic heterocycles. The van der Waals surface area contributed by atoms with Crippen LogP contribution in [0.2, 0.25) is 0 Å². The SMILES string of the molecule is COc1ccnc(C(=O)CCC(=O)O[C@@H](C)[C@@H](C)c2ccc(F)cc2C)c1OC(=O)C(C)C. The van der Waals surface area contributed by atoms with Gasteiger partial charge in [-0.3, -0.25) is 14.4 Å². The second-order valence-electron chi connectivity index (χ2n) is 8.17. The molecule has 0 saturated heterocycles. The molecule has 0 aliphatic carbocycles. The number of aryl methyl sites for hydroxylation is 1. The Kier molecular flexibility index (Phi) is 9.08. The third-order valence-corrected chi connectivity index (χ3v) is 5.33. The van der Waals surface area contributed by atoms with E-state index in [0.29, 0.717) is 0 Å². The summed E-state index contributed by atoms with van der Waals surface area (Å²) in [6.45, 7) is 8.77. The number of esters is 2. The Balaban J connectivity index is 2.04. The number of hydrogen-bond donors (Lipinski definition) is 0. The van der Waals surface area contributed by atoms with Gasteiger partial charge in [0.2, 0.25) is 5.75 Å². The Hall–Kier alpha value is -3.29. The van der Waals surface area contributed by atoms with Gasteiger partial charge in [-0.1, -0.05) is 26.8 Å². The topological polar surface area (TPSA) is 91.8 Å². The average molecular weight is 460 g/mol. The first kappa shape index (κ1) is 26.0. The van der Waals surface area contributed by atoms with Crippen molar-refractivity contribution in [2.75, 3.05) is 7.11 Å². The number of carbonyl (C=O) groups is 3. The van der Waals surface area contributed by atoms with Crippen molar-refractivity contribution in [1.29, 1.82) is 0 Å². The fraction of sp³-hybridized carbons (Fsp3) is 0.440. The van der Waals surface area contributed by atoms with Gasteiger partial charge in [-0.05, 0) is 37.1 Å². The first-order valence-corrected chi connectivity index (χ1v) is 10.8. The van der Waals surface area contributed by atoms with Gasteiger partial charge in [0.05, 0.1) is 19.4 Å². The molecule has 2 aromatic rings. The predicted molar refractivity (Wildman–Crippen MR) is 120 cm³/mol. The van der Waals surface area contributed by atoms with E-state index >= 15 is 0 Å². The van der Waals surface area contributed by atoms with Crippen LogP contribution in [0.25, 0.3) is 0 Å². The number of halogens is 1. The van der Waals surface area contributed by atoms with Gasteiger partial charge in [0.15, 0.2) is 17.2 Å². The van der Waals surface area contributed by atoms with Crippen molar-refractivity contribution in [3.8, 4) is 11.5 Å². The highest BCUT2D eigenvalue weighted by molar-refractivity contribution is 5.99. The lowest BCUT2D eigenvalue weighted by atomic mass is 9.92. The van der Waals surface area contributed by atoms with Crippen LogP contribution in [0.15, 0.2) is 30.5 Å². The van der Waals surface area contributed by atoms with Gasteiger partial charge >= 0.3 is 11.9 Å². The minimum absolute atomic E-state index is 0.0640. The monoisotopic (exact) mass is 459 g/mol. The van der Waals surface area contributed by atoms with Crippen LogP contribution >= 0.6 is 0 Å². The fourth-order valence-electron chi connectivity index (χ4n) is 3.21. The lowest BCUT2D eigenvalue weighted by Crippen LogP contribution is -2.22. The van der Waals surface area contributed by atoms with Crippen molar-refractivity contribution >= 4 is 17.7 Å². The molecule has 2 atom stereocenters. The molecule has 2 rings (SSSR count). The molecule has 0 fully saturated rings. The number of benzene rings is 1. The van der Waals surface area contributed by atoms with Gasteiger partial charge in [-0.15, -0.1) is 0 Å². The summed E-state index contributed by atoms with van der Waals surface area (Å²) in [4.78, 5) is 41.2. The molecular formula is C25H30FNO6. The summed E-state index contributed by atoms with van der Waals surface area (Å²) < 4.78 is 29.4. The number of methoxy groups -OCH3 is 1. The Morgan fingerprint density at radius 1 is 1.06 bits per heavy atom. The maximum atomic E-state index is 13.4. The van der Waals surface area contributed by atoms with E-state index in [1.807, 2.05) is 6.92 Å². The Morgan fingerprint density at radius 2 is 1.76 bits per heavy atom. The van der Waals surface area contributed by atoms with E-state index in [2.05, 4.69) is 4.98 Å².